The molecule has 0 amide bonds. The lowest BCUT2D eigenvalue weighted by Crippen LogP contribution is -2.26. The van der Waals surface area contributed by atoms with Crippen LogP contribution in [0, 0.1) is 5.41 Å². The van der Waals surface area contributed by atoms with Gasteiger partial charge in [0.1, 0.15) is 5.75 Å². The second-order valence-corrected chi connectivity index (χ2v) is 5.45. The quantitative estimate of drug-likeness (QED) is 0.844. The Morgan fingerprint density at radius 2 is 1.88 bits per heavy atom. The van der Waals surface area contributed by atoms with Gasteiger partial charge in [-0.2, -0.15) is 0 Å². The molecule has 2 N–H and O–H groups in total. The molecule has 17 heavy (non-hydrogen) atoms. The summed E-state index contributed by atoms with van der Waals surface area (Å²) >= 11 is 0. The van der Waals surface area contributed by atoms with E-state index in [0.29, 0.717) is 12.3 Å². The van der Waals surface area contributed by atoms with E-state index in [1.807, 2.05) is 19.9 Å². The van der Waals surface area contributed by atoms with Crippen LogP contribution in [0.2, 0.25) is 0 Å². The third kappa shape index (κ3) is 3.48. The van der Waals surface area contributed by atoms with Gasteiger partial charge in [-0.05, 0) is 49.4 Å². The lowest BCUT2D eigenvalue weighted by molar-refractivity contribution is -0.146. The Kier molecular flexibility index (Phi) is 3.81. The number of hydrogen-bond donors (Lipinski definition) is 2. The summed E-state index contributed by atoms with van der Waals surface area (Å²) in [5, 5.41) is 18.7. The zero-order chi connectivity index (χ0) is 13.2. The van der Waals surface area contributed by atoms with Crippen molar-refractivity contribution in [2.75, 3.05) is 0 Å². The Morgan fingerprint density at radius 1 is 1.29 bits per heavy atom. The fourth-order valence-electron chi connectivity index (χ4n) is 1.72. The van der Waals surface area contributed by atoms with E-state index in [1.165, 1.54) is 0 Å². The molecule has 0 atom stereocenters. The molecule has 0 spiro atoms. The summed E-state index contributed by atoms with van der Waals surface area (Å²) < 4.78 is 0. The van der Waals surface area contributed by atoms with Crippen molar-refractivity contribution in [3.63, 3.8) is 0 Å². The predicted molar refractivity (Wildman–Crippen MR) is 67.3 cm³/mol. The molecule has 1 aromatic carbocycles. The Balaban J connectivity index is 3.03. The van der Waals surface area contributed by atoms with Gasteiger partial charge in [0, 0.05) is 0 Å². The van der Waals surface area contributed by atoms with E-state index in [-0.39, 0.29) is 5.75 Å². The summed E-state index contributed by atoms with van der Waals surface area (Å²) in [6.45, 7) is 7.46. The third-order valence-corrected chi connectivity index (χ3v) is 2.89. The molecule has 0 radical (unpaired) electrons. The van der Waals surface area contributed by atoms with Crippen molar-refractivity contribution in [3.05, 3.63) is 29.3 Å². The van der Waals surface area contributed by atoms with Crippen LogP contribution in [0.15, 0.2) is 18.2 Å². The number of carboxylic acids is 1. The highest BCUT2D eigenvalue weighted by molar-refractivity contribution is 5.74. The third-order valence-electron chi connectivity index (χ3n) is 2.89. The lowest BCUT2D eigenvalue weighted by atomic mass is 9.85. The fraction of sp³-hybridized carbons (Fsp3) is 0.500. The van der Waals surface area contributed by atoms with Crippen LogP contribution in [0.1, 0.15) is 44.7 Å². The van der Waals surface area contributed by atoms with E-state index in [4.69, 9.17) is 5.11 Å². The molecule has 0 aromatic heterocycles. The van der Waals surface area contributed by atoms with Crippen LogP contribution in [0.3, 0.4) is 0 Å². The standard InChI is InChI=1S/C14H20O3/c1-9(2)11-5-10(6-12(15)7-11)8-14(3,4)13(16)17/h5-7,9,15H,8H2,1-4H3,(H,16,17). The number of hydrogen-bond acceptors (Lipinski definition) is 2. The van der Waals surface area contributed by atoms with E-state index in [1.54, 1.807) is 26.0 Å². The van der Waals surface area contributed by atoms with Gasteiger partial charge in [0.2, 0.25) is 0 Å². The van der Waals surface area contributed by atoms with Crippen LogP contribution < -0.4 is 0 Å². The Labute approximate surface area is 102 Å². The van der Waals surface area contributed by atoms with Crippen molar-refractivity contribution in [3.8, 4) is 5.75 Å². The van der Waals surface area contributed by atoms with Crippen LogP contribution in [0.4, 0.5) is 0 Å². The number of carbonyl (C=O) groups is 1. The molecule has 1 rings (SSSR count). The summed E-state index contributed by atoms with van der Waals surface area (Å²) in [6, 6.07) is 5.33. The van der Waals surface area contributed by atoms with Crippen molar-refractivity contribution in [2.45, 2.75) is 40.0 Å². The highest BCUT2D eigenvalue weighted by Crippen LogP contribution is 2.27. The van der Waals surface area contributed by atoms with E-state index < -0.39 is 11.4 Å². The molecule has 0 saturated heterocycles. The molecule has 3 nitrogen and oxygen atoms in total. The van der Waals surface area contributed by atoms with Crippen molar-refractivity contribution in [2.24, 2.45) is 5.41 Å². The first-order valence-electron chi connectivity index (χ1n) is 5.78. The topological polar surface area (TPSA) is 57.5 Å². The average molecular weight is 236 g/mol. The maximum absolute atomic E-state index is 11.1. The molecule has 0 saturated carbocycles. The minimum Gasteiger partial charge on any atom is -0.508 e. The lowest BCUT2D eigenvalue weighted by Gasteiger charge is -2.20. The summed E-state index contributed by atoms with van der Waals surface area (Å²) in [5.41, 5.74) is 1.07. The fourth-order valence-corrected chi connectivity index (χ4v) is 1.72. The highest BCUT2D eigenvalue weighted by Gasteiger charge is 2.27. The minimum atomic E-state index is -0.827. The Bertz CT molecular complexity index is 419. The van der Waals surface area contributed by atoms with Gasteiger partial charge in [-0.25, -0.2) is 0 Å². The first-order valence-corrected chi connectivity index (χ1v) is 5.78. The van der Waals surface area contributed by atoms with Gasteiger partial charge < -0.3 is 10.2 Å². The first-order chi connectivity index (χ1) is 7.72. The van der Waals surface area contributed by atoms with Crippen LogP contribution in [-0.2, 0) is 11.2 Å². The van der Waals surface area contributed by atoms with Gasteiger partial charge in [-0.1, -0.05) is 19.9 Å². The number of aromatic hydroxyl groups is 1. The normalized spacial score (nSPS) is 11.8. The molecular weight excluding hydrogens is 216 g/mol. The molecule has 94 valence electrons. The van der Waals surface area contributed by atoms with Gasteiger partial charge >= 0.3 is 5.97 Å². The number of phenols is 1. The van der Waals surface area contributed by atoms with Crippen LogP contribution in [-0.4, -0.2) is 16.2 Å². The number of carboxylic acid groups (broad SMARTS) is 1. The zero-order valence-electron chi connectivity index (χ0n) is 10.8. The summed E-state index contributed by atoms with van der Waals surface area (Å²) in [7, 11) is 0. The van der Waals surface area contributed by atoms with Crippen molar-refractivity contribution in [1.82, 2.24) is 0 Å². The second-order valence-electron chi connectivity index (χ2n) is 5.45. The second kappa shape index (κ2) is 4.78. The molecule has 0 fully saturated rings. The minimum absolute atomic E-state index is 0.201. The Hall–Kier alpha value is -1.51. The molecule has 0 bridgehead atoms. The van der Waals surface area contributed by atoms with E-state index in [0.717, 1.165) is 11.1 Å². The number of benzene rings is 1. The molecule has 0 aliphatic rings. The smallest absolute Gasteiger partial charge is 0.309 e. The SMILES string of the molecule is CC(C)c1cc(O)cc(CC(C)(C)C(=O)O)c1. The zero-order valence-corrected chi connectivity index (χ0v) is 10.8. The Morgan fingerprint density at radius 3 is 2.35 bits per heavy atom. The molecular formula is C14H20O3. The van der Waals surface area contributed by atoms with Gasteiger partial charge in [0.25, 0.3) is 0 Å². The van der Waals surface area contributed by atoms with Crippen molar-refractivity contribution in [1.29, 1.82) is 0 Å². The van der Waals surface area contributed by atoms with E-state index in [9.17, 15) is 9.90 Å². The summed E-state index contributed by atoms with van der Waals surface area (Å²) in [4.78, 5) is 11.1. The van der Waals surface area contributed by atoms with Gasteiger partial charge in [-0.3, -0.25) is 4.79 Å². The molecule has 0 unspecified atom stereocenters. The highest BCUT2D eigenvalue weighted by atomic mass is 16.4. The van der Waals surface area contributed by atoms with Crippen LogP contribution in [0.25, 0.3) is 0 Å². The number of rotatable bonds is 4. The maximum atomic E-state index is 11.1. The summed E-state index contributed by atoms with van der Waals surface area (Å²) in [6.07, 6.45) is 0.413. The average Bonchev–Trinajstić information content (AvgIpc) is 2.15. The monoisotopic (exact) mass is 236 g/mol. The van der Waals surface area contributed by atoms with E-state index >= 15 is 0 Å². The predicted octanol–water partition coefficient (Wildman–Crippen LogP) is 3.17. The van der Waals surface area contributed by atoms with E-state index in [2.05, 4.69) is 0 Å². The van der Waals surface area contributed by atoms with Crippen molar-refractivity contribution >= 4 is 5.97 Å². The van der Waals surface area contributed by atoms with Crippen LogP contribution in [0.5, 0.6) is 5.75 Å². The van der Waals surface area contributed by atoms with Gasteiger partial charge in [0.05, 0.1) is 5.41 Å². The van der Waals surface area contributed by atoms with Crippen LogP contribution >= 0.6 is 0 Å². The molecule has 1 aromatic rings. The largest absolute Gasteiger partial charge is 0.508 e. The first kappa shape index (κ1) is 13.6. The summed E-state index contributed by atoms with van der Waals surface area (Å²) in [5.74, 6) is -0.312. The molecule has 3 heteroatoms. The van der Waals surface area contributed by atoms with Gasteiger partial charge in [-0.15, -0.1) is 0 Å². The van der Waals surface area contributed by atoms with Gasteiger partial charge in [0.15, 0.2) is 0 Å². The number of phenolic OH excluding ortho intramolecular Hbond substituents is 1. The molecule has 0 aliphatic carbocycles. The molecule has 0 aliphatic heterocycles. The number of aliphatic carboxylic acids is 1. The maximum Gasteiger partial charge on any atom is 0.309 e. The van der Waals surface area contributed by atoms with Crippen molar-refractivity contribution < 1.29 is 15.0 Å². The molecule has 0 heterocycles.